The molecule has 0 saturated carbocycles. The zero-order chi connectivity index (χ0) is 27.6. The number of nitrogens with zero attached hydrogens (tertiary/aromatic N) is 2. The molecule has 0 aliphatic carbocycles. The topological polar surface area (TPSA) is 136 Å². The molecule has 0 atom stereocenters. The van der Waals surface area contributed by atoms with Gasteiger partial charge in [0.1, 0.15) is 0 Å². The third kappa shape index (κ3) is 7.05. The number of carbonyl (C=O) groups excluding carboxylic acids is 4. The van der Waals surface area contributed by atoms with Crippen molar-refractivity contribution in [2.45, 2.75) is 0 Å². The van der Waals surface area contributed by atoms with Gasteiger partial charge in [-0.25, -0.2) is 10.2 Å². The van der Waals surface area contributed by atoms with Crippen LogP contribution in [0.3, 0.4) is 0 Å². The Labute approximate surface area is 224 Å². The molecule has 11 nitrogen and oxygen atoms in total. The van der Waals surface area contributed by atoms with Crippen LogP contribution in [-0.4, -0.2) is 68.2 Å². The van der Waals surface area contributed by atoms with Crippen LogP contribution in [0.15, 0.2) is 77.9 Å². The van der Waals surface area contributed by atoms with E-state index in [4.69, 9.17) is 14.2 Å². The first-order chi connectivity index (χ1) is 19.0. The summed E-state index contributed by atoms with van der Waals surface area (Å²) in [4.78, 5) is 51.6. The van der Waals surface area contributed by atoms with Crippen molar-refractivity contribution in [3.05, 3.63) is 89.5 Å². The number of para-hydroxylation sites is 1. The summed E-state index contributed by atoms with van der Waals surface area (Å²) < 4.78 is 16.0. The van der Waals surface area contributed by atoms with E-state index in [1.54, 1.807) is 71.6 Å². The zero-order valence-electron chi connectivity index (χ0n) is 21.1. The number of amides is 3. The first-order valence-electron chi connectivity index (χ1n) is 12.0. The molecule has 1 saturated heterocycles. The molecule has 39 heavy (non-hydrogen) atoms. The number of esters is 1. The number of rotatable bonds is 7. The maximum Gasteiger partial charge on any atom is 0.343 e. The van der Waals surface area contributed by atoms with E-state index in [0.29, 0.717) is 37.4 Å². The van der Waals surface area contributed by atoms with Gasteiger partial charge in [-0.15, -0.1) is 0 Å². The Hall–Kier alpha value is -5.03. The molecular formula is C28H26N4O7. The predicted octanol–water partition coefficient (Wildman–Crippen LogP) is 2.48. The fourth-order valence-electron chi connectivity index (χ4n) is 3.69. The molecule has 0 spiro atoms. The fourth-order valence-corrected chi connectivity index (χ4v) is 3.69. The van der Waals surface area contributed by atoms with Gasteiger partial charge in [0.05, 0.1) is 43.4 Å². The number of benzene rings is 3. The highest BCUT2D eigenvalue weighted by Gasteiger charge is 2.23. The Balaban J connectivity index is 1.35. The third-order valence-corrected chi connectivity index (χ3v) is 5.69. The van der Waals surface area contributed by atoms with E-state index in [1.165, 1.54) is 19.4 Å². The molecule has 0 bridgehead atoms. The number of hydrogen-bond acceptors (Lipinski definition) is 8. The molecule has 3 aromatic rings. The Morgan fingerprint density at radius 1 is 0.897 bits per heavy atom. The van der Waals surface area contributed by atoms with Gasteiger partial charge in [0, 0.05) is 13.1 Å². The number of methoxy groups -OCH3 is 1. The molecule has 1 aliphatic heterocycles. The lowest BCUT2D eigenvalue weighted by Gasteiger charge is -2.27. The molecule has 1 aliphatic rings. The van der Waals surface area contributed by atoms with Gasteiger partial charge in [-0.05, 0) is 48.0 Å². The Kier molecular flexibility index (Phi) is 8.99. The number of morpholine rings is 1. The number of carbonyl (C=O) groups is 4. The number of hydrazone groups is 1. The van der Waals surface area contributed by atoms with Crippen molar-refractivity contribution in [1.82, 2.24) is 10.3 Å². The third-order valence-electron chi connectivity index (χ3n) is 5.69. The average Bonchev–Trinajstić information content (AvgIpc) is 2.98. The second-order valence-corrected chi connectivity index (χ2v) is 8.27. The number of hydrogen-bond donors (Lipinski definition) is 2. The minimum absolute atomic E-state index is 0.206. The van der Waals surface area contributed by atoms with Gasteiger partial charge in [-0.1, -0.05) is 30.3 Å². The molecule has 200 valence electrons. The van der Waals surface area contributed by atoms with Crippen LogP contribution in [0.1, 0.15) is 26.3 Å². The molecule has 0 aromatic heterocycles. The van der Waals surface area contributed by atoms with Crippen molar-refractivity contribution in [3.8, 4) is 11.5 Å². The standard InChI is InChI=1S/C28H26N4O7/c1-37-24-17-19(11-12-23(24)39-28(36)20-7-3-2-4-8-20)18-29-31-26(34)25(33)30-22-10-6-5-9-21(22)27(35)32-13-15-38-16-14-32/h2-12,17-18H,13-16H2,1H3,(H,30,33)(H,31,34)/b29-18-. The molecule has 2 N–H and O–H groups in total. The highest BCUT2D eigenvalue weighted by atomic mass is 16.6. The molecule has 3 aromatic carbocycles. The number of anilines is 1. The van der Waals surface area contributed by atoms with E-state index < -0.39 is 17.8 Å². The first kappa shape index (κ1) is 27.0. The van der Waals surface area contributed by atoms with E-state index >= 15 is 0 Å². The molecule has 11 heteroatoms. The lowest BCUT2D eigenvalue weighted by atomic mass is 10.1. The van der Waals surface area contributed by atoms with Crippen LogP contribution in [-0.2, 0) is 14.3 Å². The van der Waals surface area contributed by atoms with Crippen LogP contribution in [0.4, 0.5) is 5.69 Å². The summed E-state index contributed by atoms with van der Waals surface area (Å²) in [5.41, 5.74) is 3.52. The average molecular weight is 531 g/mol. The smallest absolute Gasteiger partial charge is 0.343 e. The minimum Gasteiger partial charge on any atom is -0.493 e. The van der Waals surface area contributed by atoms with E-state index in [-0.39, 0.29) is 28.7 Å². The van der Waals surface area contributed by atoms with Gasteiger partial charge >= 0.3 is 17.8 Å². The molecule has 1 fully saturated rings. The van der Waals surface area contributed by atoms with E-state index in [2.05, 4.69) is 15.8 Å². The molecule has 0 unspecified atom stereocenters. The van der Waals surface area contributed by atoms with Crippen LogP contribution in [0.25, 0.3) is 0 Å². The van der Waals surface area contributed by atoms with Crippen LogP contribution in [0.5, 0.6) is 11.5 Å². The maximum atomic E-state index is 12.9. The molecule has 4 rings (SSSR count). The lowest BCUT2D eigenvalue weighted by Crippen LogP contribution is -2.41. The summed E-state index contributed by atoms with van der Waals surface area (Å²) in [7, 11) is 1.42. The van der Waals surface area contributed by atoms with Gasteiger partial charge in [0.25, 0.3) is 5.91 Å². The predicted molar refractivity (Wildman–Crippen MR) is 142 cm³/mol. The molecular weight excluding hydrogens is 504 g/mol. The highest BCUT2D eigenvalue weighted by Crippen LogP contribution is 2.28. The highest BCUT2D eigenvalue weighted by molar-refractivity contribution is 6.40. The number of nitrogens with one attached hydrogen (secondary N) is 2. The zero-order valence-corrected chi connectivity index (χ0v) is 21.1. The van der Waals surface area contributed by atoms with Crippen LogP contribution in [0, 0.1) is 0 Å². The Morgan fingerprint density at radius 3 is 2.36 bits per heavy atom. The van der Waals surface area contributed by atoms with Crippen LogP contribution in [0.2, 0.25) is 0 Å². The van der Waals surface area contributed by atoms with E-state index in [9.17, 15) is 19.2 Å². The summed E-state index contributed by atoms with van der Waals surface area (Å²) in [5.74, 6) is -2.34. The summed E-state index contributed by atoms with van der Waals surface area (Å²) in [6, 6.07) is 19.6. The van der Waals surface area contributed by atoms with Crippen LogP contribution < -0.4 is 20.2 Å². The van der Waals surface area contributed by atoms with Crippen molar-refractivity contribution in [2.24, 2.45) is 5.10 Å². The lowest BCUT2D eigenvalue weighted by molar-refractivity contribution is -0.136. The largest absolute Gasteiger partial charge is 0.493 e. The molecule has 1 heterocycles. The van der Waals surface area contributed by atoms with Gasteiger partial charge in [-0.2, -0.15) is 5.10 Å². The Bertz CT molecular complexity index is 1390. The van der Waals surface area contributed by atoms with Crippen molar-refractivity contribution < 1.29 is 33.4 Å². The van der Waals surface area contributed by atoms with E-state index in [0.717, 1.165) is 0 Å². The SMILES string of the molecule is COc1cc(/C=N\NC(=O)C(=O)Nc2ccccc2C(=O)N2CCOCC2)ccc1OC(=O)c1ccccc1. The summed E-state index contributed by atoms with van der Waals surface area (Å²) in [6.07, 6.45) is 1.30. The maximum absolute atomic E-state index is 12.9. The fraction of sp³-hybridized carbons (Fsp3) is 0.179. The second kappa shape index (κ2) is 13.0. The first-order valence-corrected chi connectivity index (χ1v) is 12.0. The van der Waals surface area contributed by atoms with Gasteiger partial charge in [-0.3, -0.25) is 14.4 Å². The van der Waals surface area contributed by atoms with E-state index in [1.807, 2.05) is 0 Å². The van der Waals surface area contributed by atoms with Crippen molar-refractivity contribution in [3.63, 3.8) is 0 Å². The summed E-state index contributed by atoms with van der Waals surface area (Å²) in [5, 5.41) is 6.28. The van der Waals surface area contributed by atoms with Crippen LogP contribution >= 0.6 is 0 Å². The van der Waals surface area contributed by atoms with Gasteiger partial charge < -0.3 is 24.4 Å². The normalized spacial score (nSPS) is 13.0. The second-order valence-electron chi connectivity index (χ2n) is 8.27. The minimum atomic E-state index is -1.03. The monoisotopic (exact) mass is 530 g/mol. The quantitative estimate of drug-likeness (QED) is 0.158. The van der Waals surface area contributed by atoms with Crippen molar-refractivity contribution in [1.29, 1.82) is 0 Å². The summed E-state index contributed by atoms with van der Waals surface area (Å²) in [6.45, 7) is 1.76. The molecule has 3 amide bonds. The van der Waals surface area contributed by atoms with Gasteiger partial charge in [0.15, 0.2) is 11.5 Å². The Morgan fingerprint density at radius 2 is 1.62 bits per heavy atom. The summed E-state index contributed by atoms with van der Waals surface area (Å²) >= 11 is 0. The number of ether oxygens (including phenoxy) is 3. The van der Waals surface area contributed by atoms with Crippen molar-refractivity contribution >= 4 is 35.6 Å². The molecule has 0 radical (unpaired) electrons. The van der Waals surface area contributed by atoms with Crippen molar-refractivity contribution in [2.75, 3.05) is 38.7 Å². The van der Waals surface area contributed by atoms with Gasteiger partial charge in [0.2, 0.25) is 0 Å².